The molecule has 1 aliphatic heterocycles. The molecule has 1 fully saturated rings. The normalized spacial score (nSPS) is 25.2. The summed E-state index contributed by atoms with van der Waals surface area (Å²) in [4.78, 5) is 0. The maximum atomic E-state index is 7.36. The summed E-state index contributed by atoms with van der Waals surface area (Å²) in [5.41, 5.74) is 0. The molecule has 1 aliphatic rings. The molecule has 0 aromatic rings. The van der Waals surface area contributed by atoms with Crippen LogP contribution in [0.1, 0.15) is 83.1 Å². The molecule has 0 aromatic carbocycles. The van der Waals surface area contributed by atoms with Crippen molar-refractivity contribution >= 4 is 33.3 Å². The molecule has 0 radical (unpaired) electrons. The van der Waals surface area contributed by atoms with Crippen LogP contribution in [0.15, 0.2) is 0 Å². The third-order valence-corrected chi connectivity index (χ3v) is 28.8. The van der Waals surface area contributed by atoms with E-state index in [1.165, 1.54) is 0 Å². The molecule has 0 amide bonds. The van der Waals surface area contributed by atoms with Crippen LogP contribution in [0, 0.1) is 0 Å². The number of nitrogens with one attached hydrogen (secondary N) is 1. The topological polar surface area (TPSA) is 49.0 Å². The Labute approximate surface area is 248 Å². The van der Waals surface area contributed by atoms with Crippen LogP contribution in [0.4, 0.5) is 0 Å². The van der Waals surface area contributed by atoms with Gasteiger partial charge < -0.3 is 23.0 Å². The Morgan fingerprint density at radius 3 is 1.21 bits per heavy atom. The van der Waals surface area contributed by atoms with Crippen LogP contribution in [0.3, 0.4) is 0 Å². The van der Waals surface area contributed by atoms with Crippen LogP contribution in [0.25, 0.3) is 0 Å². The molecule has 1 heterocycles. The van der Waals surface area contributed by atoms with Gasteiger partial charge in [0.05, 0.1) is 31.0 Å². The first-order valence-corrected chi connectivity index (χ1v) is 26.9. The fraction of sp³-hybridized carbons (Fsp3) is 1.00. The molecular formula is C30H69NO4Si4. The Balaban J connectivity index is 3.64. The molecule has 0 aliphatic carbocycles. The second-order valence-electron chi connectivity index (χ2n) is 18.2. The number of hydrogen-bond acceptors (Lipinski definition) is 5. The lowest BCUT2D eigenvalue weighted by atomic mass is 9.97. The first-order chi connectivity index (χ1) is 16.9. The van der Waals surface area contributed by atoms with Crippen molar-refractivity contribution in [1.29, 1.82) is 0 Å². The second-order valence-corrected chi connectivity index (χ2v) is 37.3. The van der Waals surface area contributed by atoms with Crippen LogP contribution in [-0.2, 0) is 17.7 Å². The van der Waals surface area contributed by atoms with E-state index >= 15 is 0 Å². The van der Waals surface area contributed by atoms with E-state index < -0.39 is 33.3 Å². The van der Waals surface area contributed by atoms with E-state index in [0.29, 0.717) is 6.61 Å². The maximum Gasteiger partial charge on any atom is 0.192 e. The van der Waals surface area contributed by atoms with Gasteiger partial charge in [0.25, 0.3) is 0 Å². The van der Waals surface area contributed by atoms with Crippen LogP contribution < -0.4 is 5.32 Å². The SMILES string of the molecule is CC(C)(C)[Si](C)(C)OC[C@H]1NC[C@H](O[Si](C)(C)C(C)(C)C)[C@@H](O[Si](C)(C)C(C)(C)C)[C@@H]1O[Si](C)(C)C(C)(C)C. The lowest BCUT2D eigenvalue weighted by molar-refractivity contribution is -0.0822. The standard InChI is InChI=1S/C30H69NO4Si4/c1-27(2,3)36(13,14)32-22-23-25(34-38(17,18)29(7,8)9)26(35-39(19,20)30(10,11)12)24(21-31-23)33-37(15,16)28(4,5)6/h23-26,31H,21-22H2,1-20H3/t23-,24+,25-,26-/m1/s1. The highest BCUT2D eigenvalue weighted by Gasteiger charge is 2.53. The summed E-state index contributed by atoms with van der Waals surface area (Å²) >= 11 is 0. The largest absolute Gasteiger partial charge is 0.415 e. The third-order valence-electron chi connectivity index (χ3n) is 10.8. The van der Waals surface area contributed by atoms with Crippen molar-refractivity contribution in [1.82, 2.24) is 5.32 Å². The molecule has 234 valence electrons. The highest BCUT2D eigenvalue weighted by molar-refractivity contribution is 6.75. The van der Waals surface area contributed by atoms with E-state index in [0.717, 1.165) is 6.54 Å². The van der Waals surface area contributed by atoms with Crippen LogP contribution in [-0.4, -0.2) is 70.8 Å². The summed E-state index contributed by atoms with van der Waals surface area (Å²) in [5.74, 6) is 0. The average Bonchev–Trinajstić information content (AvgIpc) is 2.65. The second kappa shape index (κ2) is 12.0. The van der Waals surface area contributed by atoms with Crippen LogP contribution >= 0.6 is 0 Å². The van der Waals surface area contributed by atoms with Gasteiger partial charge in [-0.05, 0) is 72.5 Å². The molecular weight excluding hydrogens is 551 g/mol. The molecule has 9 heteroatoms. The van der Waals surface area contributed by atoms with E-state index in [1.54, 1.807) is 0 Å². The van der Waals surface area contributed by atoms with E-state index in [1.807, 2.05) is 0 Å². The van der Waals surface area contributed by atoms with Gasteiger partial charge in [0.1, 0.15) is 0 Å². The average molecular weight is 620 g/mol. The Morgan fingerprint density at radius 2 is 0.846 bits per heavy atom. The monoisotopic (exact) mass is 619 g/mol. The van der Waals surface area contributed by atoms with Gasteiger partial charge >= 0.3 is 0 Å². The van der Waals surface area contributed by atoms with Crippen molar-refractivity contribution in [3.63, 3.8) is 0 Å². The predicted octanol–water partition coefficient (Wildman–Crippen LogP) is 9.15. The molecule has 0 aromatic heterocycles. The Bertz CT molecular complexity index is 802. The molecule has 1 rings (SSSR count). The van der Waals surface area contributed by atoms with E-state index in [2.05, 4.69) is 141 Å². The van der Waals surface area contributed by atoms with Crippen molar-refractivity contribution < 1.29 is 17.7 Å². The van der Waals surface area contributed by atoms with Gasteiger partial charge in [0.15, 0.2) is 33.3 Å². The van der Waals surface area contributed by atoms with Crippen molar-refractivity contribution in [3.05, 3.63) is 0 Å². The summed E-state index contributed by atoms with van der Waals surface area (Å²) in [6.07, 6.45) is -0.324. The molecule has 4 atom stereocenters. The molecule has 0 spiro atoms. The number of piperidine rings is 1. The molecule has 1 saturated heterocycles. The fourth-order valence-electron chi connectivity index (χ4n) is 3.60. The van der Waals surface area contributed by atoms with Crippen molar-refractivity contribution in [3.8, 4) is 0 Å². The Morgan fingerprint density at radius 1 is 0.513 bits per heavy atom. The smallest absolute Gasteiger partial charge is 0.192 e. The predicted molar refractivity (Wildman–Crippen MR) is 181 cm³/mol. The fourth-order valence-corrected chi connectivity index (χ4v) is 8.61. The lowest BCUT2D eigenvalue weighted by Crippen LogP contribution is -2.69. The van der Waals surface area contributed by atoms with Crippen molar-refractivity contribution in [2.75, 3.05) is 13.2 Å². The van der Waals surface area contributed by atoms with E-state index in [4.69, 9.17) is 17.7 Å². The summed E-state index contributed by atoms with van der Waals surface area (Å²) < 4.78 is 28.7. The summed E-state index contributed by atoms with van der Waals surface area (Å²) in [6.45, 7) is 48.1. The van der Waals surface area contributed by atoms with E-state index in [-0.39, 0.29) is 44.5 Å². The molecule has 39 heavy (non-hydrogen) atoms. The van der Waals surface area contributed by atoms with Gasteiger partial charge in [-0.25, -0.2) is 0 Å². The maximum absolute atomic E-state index is 7.36. The van der Waals surface area contributed by atoms with Gasteiger partial charge in [0, 0.05) is 6.54 Å². The van der Waals surface area contributed by atoms with E-state index in [9.17, 15) is 0 Å². The van der Waals surface area contributed by atoms with Crippen molar-refractivity contribution in [2.45, 2.75) is 180 Å². The molecule has 0 unspecified atom stereocenters. The zero-order valence-corrected chi connectivity index (χ0v) is 33.9. The van der Waals surface area contributed by atoms with Crippen LogP contribution in [0.5, 0.6) is 0 Å². The zero-order valence-electron chi connectivity index (χ0n) is 29.9. The molecule has 0 bridgehead atoms. The van der Waals surface area contributed by atoms with Gasteiger partial charge in [-0.3, -0.25) is 0 Å². The lowest BCUT2D eigenvalue weighted by Gasteiger charge is -2.53. The Kier molecular flexibility index (Phi) is 11.6. The highest BCUT2D eigenvalue weighted by Crippen LogP contribution is 2.44. The first-order valence-electron chi connectivity index (χ1n) is 15.3. The summed E-state index contributed by atoms with van der Waals surface area (Å²) in [7, 11) is -8.24. The molecule has 1 N–H and O–H groups in total. The zero-order chi connectivity index (χ0) is 31.3. The minimum atomic E-state index is -2.13. The highest BCUT2D eigenvalue weighted by atomic mass is 28.4. The third kappa shape index (κ3) is 9.32. The molecule has 5 nitrogen and oxygen atoms in total. The van der Waals surface area contributed by atoms with Gasteiger partial charge in [-0.15, -0.1) is 0 Å². The number of rotatable bonds is 9. The van der Waals surface area contributed by atoms with Crippen LogP contribution in [0.2, 0.25) is 72.5 Å². The minimum absolute atomic E-state index is 0.0566. The quantitative estimate of drug-likeness (QED) is 0.261. The number of hydrogen-bond donors (Lipinski definition) is 1. The van der Waals surface area contributed by atoms with Gasteiger partial charge in [-0.2, -0.15) is 0 Å². The Hall–Kier alpha value is 0.668. The first kappa shape index (κ1) is 37.7. The minimum Gasteiger partial charge on any atom is -0.415 e. The summed E-state index contributed by atoms with van der Waals surface area (Å²) in [6, 6.07) is 0.0577. The van der Waals surface area contributed by atoms with Crippen molar-refractivity contribution in [2.24, 2.45) is 0 Å². The van der Waals surface area contributed by atoms with Gasteiger partial charge in [0.2, 0.25) is 0 Å². The molecule has 0 saturated carbocycles. The summed E-state index contributed by atoms with van der Waals surface area (Å²) in [5, 5.41) is 4.33. The van der Waals surface area contributed by atoms with Gasteiger partial charge in [-0.1, -0.05) is 83.1 Å².